The van der Waals surface area contributed by atoms with Crippen molar-refractivity contribution >= 4 is 0 Å². The molecule has 0 saturated heterocycles. The highest BCUT2D eigenvalue weighted by Crippen LogP contribution is 1.97. The van der Waals surface area contributed by atoms with Crippen LogP contribution in [0.3, 0.4) is 0 Å². The summed E-state index contributed by atoms with van der Waals surface area (Å²) in [6, 6.07) is 0. The van der Waals surface area contributed by atoms with Crippen LogP contribution in [-0.4, -0.2) is 20.2 Å². The Morgan fingerprint density at radius 3 is 3.00 bits per heavy atom. The molecule has 0 amide bonds. The summed E-state index contributed by atoms with van der Waals surface area (Å²) in [5.74, 6) is 0.969. The van der Waals surface area contributed by atoms with Gasteiger partial charge < -0.3 is 0 Å². The smallest absolute Gasteiger partial charge is 0.151 e. The minimum atomic E-state index is 0.822. The van der Waals surface area contributed by atoms with E-state index in [4.69, 9.17) is 0 Å². The van der Waals surface area contributed by atoms with Crippen LogP contribution in [-0.2, 0) is 13.0 Å². The first kappa shape index (κ1) is 8.17. The molecule has 0 aromatic carbocycles. The molecule has 0 saturated carbocycles. The van der Waals surface area contributed by atoms with Crippen LogP contribution >= 0.6 is 0 Å². The molecule has 1 aromatic heterocycles. The second-order valence-electron chi connectivity index (χ2n) is 2.42. The highest BCUT2D eigenvalue weighted by molar-refractivity contribution is 4.79. The molecule has 4 nitrogen and oxygen atoms in total. The Labute approximate surface area is 66.6 Å². The Kier molecular flexibility index (Phi) is 3.01. The topological polar surface area (TPSA) is 43.6 Å². The highest BCUT2D eigenvalue weighted by Gasteiger charge is 2.01. The van der Waals surface area contributed by atoms with Gasteiger partial charge >= 0.3 is 0 Å². The SMILES string of the molecule is [CH2]CCn1nnnc1CCC. The van der Waals surface area contributed by atoms with E-state index in [9.17, 15) is 0 Å². The van der Waals surface area contributed by atoms with Gasteiger partial charge in [0, 0.05) is 13.0 Å². The van der Waals surface area contributed by atoms with E-state index in [0.29, 0.717) is 0 Å². The first-order chi connectivity index (χ1) is 5.38. The number of aromatic nitrogens is 4. The van der Waals surface area contributed by atoms with Gasteiger partial charge in [0.05, 0.1) is 0 Å². The molecule has 0 aliphatic carbocycles. The monoisotopic (exact) mass is 153 g/mol. The van der Waals surface area contributed by atoms with Crippen molar-refractivity contribution < 1.29 is 0 Å². The summed E-state index contributed by atoms with van der Waals surface area (Å²) < 4.78 is 1.82. The highest BCUT2D eigenvalue weighted by atomic mass is 15.5. The van der Waals surface area contributed by atoms with Gasteiger partial charge in [-0.3, -0.25) is 0 Å². The van der Waals surface area contributed by atoms with Crippen LogP contribution in [0.2, 0.25) is 0 Å². The molecule has 0 aliphatic heterocycles. The molecule has 0 atom stereocenters. The molecular weight excluding hydrogens is 140 g/mol. The lowest BCUT2D eigenvalue weighted by Gasteiger charge is -1.99. The van der Waals surface area contributed by atoms with E-state index in [1.54, 1.807) is 0 Å². The Bertz CT molecular complexity index is 185. The number of nitrogens with zero attached hydrogens (tertiary/aromatic N) is 4. The van der Waals surface area contributed by atoms with Gasteiger partial charge in [-0.1, -0.05) is 13.8 Å². The zero-order valence-electron chi connectivity index (χ0n) is 6.82. The molecule has 1 radical (unpaired) electrons. The van der Waals surface area contributed by atoms with Gasteiger partial charge in [-0.15, -0.1) is 5.10 Å². The van der Waals surface area contributed by atoms with Gasteiger partial charge in [-0.2, -0.15) is 0 Å². The van der Waals surface area contributed by atoms with Crippen molar-refractivity contribution in [2.45, 2.75) is 32.7 Å². The average Bonchev–Trinajstić information content (AvgIpc) is 2.39. The lowest BCUT2D eigenvalue weighted by atomic mass is 10.3. The molecule has 1 rings (SSSR count). The zero-order chi connectivity index (χ0) is 8.10. The lowest BCUT2D eigenvalue weighted by Crippen LogP contribution is -2.04. The van der Waals surface area contributed by atoms with Crippen molar-refractivity contribution in [1.82, 2.24) is 20.2 Å². The van der Waals surface area contributed by atoms with Crippen LogP contribution in [0, 0.1) is 6.92 Å². The summed E-state index contributed by atoms with van der Waals surface area (Å²) in [6.45, 7) is 6.68. The van der Waals surface area contributed by atoms with Crippen LogP contribution < -0.4 is 0 Å². The van der Waals surface area contributed by atoms with Crippen LogP contribution in [0.4, 0.5) is 0 Å². The first-order valence-electron chi connectivity index (χ1n) is 3.92. The maximum atomic E-state index is 3.90. The molecule has 0 bridgehead atoms. The van der Waals surface area contributed by atoms with Crippen molar-refractivity contribution in [3.63, 3.8) is 0 Å². The first-order valence-corrected chi connectivity index (χ1v) is 3.92. The zero-order valence-corrected chi connectivity index (χ0v) is 6.82. The fourth-order valence-electron chi connectivity index (χ4n) is 0.949. The summed E-state index contributed by atoms with van der Waals surface area (Å²) in [6.07, 6.45) is 2.87. The summed E-state index contributed by atoms with van der Waals surface area (Å²) >= 11 is 0. The van der Waals surface area contributed by atoms with Gasteiger partial charge in [0.25, 0.3) is 0 Å². The number of aryl methyl sites for hydroxylation is 2. The number of rotatable bonds is 4. The summed E-state index contributed by atoms with van der Waals surface area (Å²) in [7, 11) is 0. The molecule has 0 N–H and O–H groups in total. The van der Waals surface area contributed by atoms with E-state index in [2.05, 4.69) is 29.4 Å². The van der Waals surface area contributed by atoms with Crippen molar-refractivity contribution in [3.05, 3.63) is 12.7 Å². The normalized spacial score (nSPS) is 10.4. The van der Waals surface area contributed by atoms with Crippen molar-refractivity contribution in [3.8, 4) is 0 Å². The predicted molar refractivity (Wildman–Crippen MR) is 41.8 cm³/mol. The van der Waals surface area contributed by atoms with Crippen LogP contribution in [0.15, 0.2) is 0 Å². The number of tetrazole rings is 1. The van der Waals surface area contributed by atoms with Crippen molar-refractivity contribution in [1.29, 1.82) is 0 Å². The molecule has 11 heavy (non-hydrogen) atoms. The van der Waals surface area contributed by atoms with Crippen molar-refractivity contribution in [2.24, 2.45) is 0 Å². The Morgan fingerprint density at radius 1 is 1.55 bits per heavy atom. The number of hydrogen-bond acceptors (Lipinski definition) is 3. The molecule has 1 heterocycles. The Morgan fingerprint density at radius 2 is 2.36 bits per heavy atom. The van der Waals surface area contributed by atoms with Gasteiger partial charge in [0.2, 0.25) is 0 Å². The molecule has 0 fully saturated rings. The Hall–Kier alpha value is -0.930. The fourth-order valence-corrected chi connectivity index (χ4v) is 0.949. The molecule has 61 valence electrons. The van der Waals surface area contributed by atoms with Gasteiger partial charge in [0.1, 0.15) is 0 Å². The third kappa shape index (κ3) is 2.00. The summed E-state index contributed by atoms with van der Waals surface area (Å²) in [5.41, 5.74) is 0. The third-order valence-corrected chi connectivity index (χ3v) is 1.45. The van der Waals surface area contributed by atoms with E-state index in [0.717, 1.165) is 31.6 Å². The molecular formula is C7H13N4. The maximum Gasteiger partial charge on any atom is 0.151 e. The Balaban J connectivity index is 2.62. The predicted octanol–water partition coefficient (Wildman–Crippen LogP) is 0.850. The standard InChI is InChI=1S/C7H13N4/c1-3-5-7-8-9-10-11(7)6-4-2/h2-6H2,1H3. The van der Waals surface area contributed by atoms with Gasteiger partial charge in [0.15, 0.2) is 5.82 Å². The van der Waals surface area contributed by atoms with E-state index >= 15 is 0 Å². The second kappa shape index (κ2) is 4.05. The van der Waals surface area contributed by atoms with Gasteiger partial charge in [-0.25, -0.2) is 4.68 Å². The van der Waals surface area contributed by atoms with Crippen LogP contribution in [0.1, 0.15) is 25.6 Å². The third-order valence-electron chi connectivity index (χ3n) is 1.45. The van der Waals surface area contributed by atoms with E-state index in [-0.39, 0.29) is 0 Å². The second-order valence-corrected chi connectivity index (χ2v) is 2.42. The molecule has 0 unspecified atom stereocenters. The van der Waals surface area contributed by atoms with Gasteiger partial charge in [-0.05, 0) is 23.3 Å². The molecule has 0 spiro atoms. The van der Waals surface area contributed by atoms with Crippen molar-refractivity contribution in [2.75, 3.05) is 0 Å². The van der Waals surface area contributed by atoms with E-state index < -0.39 is 0 Å². The summed E-state index contributed by atoms with van der Waals surface area (Å²) in [4.78, 5) is 0. The van der Waals surface area contributed by atoms with Crippen LogP contribution in [0.25, 0.3) is 0 Å². The quantitative estimate of drug-likeness (QED) is 0.644. The summed E-state index contributed by atoms with van der Waals surface area (Å²) in [5, 5.41) is 11.3. The minimum absolute atomic E-state index is 0.822. The molecule has 1 aromatic rings. The molecule has 4 heteroatoms. The molecule has 0 aliphatic rings. The van der Waals surface area contributed by atoms with Crippen LogP contribution in [0.5, 0.6) is 0 Å². The van der Waals surface area contributed by atoms with E-state index in [1.807, 2.05) is 4.68 Å². The average molecular weight is 153 g/mol. The number of hydrogen-bond donors (Lipinski definition) is 0. The minimum Gasteiger partial charge on any atom is -0.230 e. The fraction of sp³-hybridized carbons (Fsp3) is 0.714. The lowest BCUT2D eigenvalue weighted by molar-refractivity contribution is 0.566. The largest absolute Gasteiger partial charge is 0.230 e. The van der Waals surface area contributed by atoms with E-state index in [1.165, 1.54) is 0 Å². The maximum absolute atomic E-state index is 3.90.